The molecule has 3 aliphatic rings. The number of hydrogen-bond donors (Lipinski definition) is 1. The van der Waals surface area contributed by atoms with E-state index in [1.807, 2.05) is 17.0 Å². The van der Waals surface area contributed by atoms with Gasteiger partial charge in [0.05, 0.1) is 30.7 Å². The van der Waals surface area contributed by atoms with E-state index in [1.165, 1.54) is 11.8 Å². The van der Waals surface area contributed by atoms with Crippen LogP contribution in [0.5, 0.6) is 0 Å². The highest BCUT2D eigenvalue weighted by Gasteiger charge is 2.36. The second kappa shape index (κ2) is 6.74. The van der Waals surface area contributed by atoms with Gasteiger partial charge in [-0.2, -0.15) is 0 Å². The van der Waals surface area contributed by atoms with Crippen LogP contribution in [0.3, 0.4) is 0 Å². The van der Waals surface area contributed by atoms with E-state index in [4.69, 9.17) is 9.47 Å². The van der Waals surface area contributed by atoms with E-state index in [0.717, 1.165) is 29.8 Å². The van der Waals surface area contributed by atoms with Crippen molar-refractivity contribution in [1.82, 2.24) is 4.90 Å². The summed E-state index contributed by atoms with van der Waals surface area (Å²) in [6.45, 7) is 1.89. The predicted molar refractivity (Wildman–Crippen MR) is 90.2 cm³/mol. The number of fused-ring (bicyclic) bond motifs is 1. The molecular formula is C17H20N2O4S. The summed E-state index contributed by atoms with van der Waals surface area (Å²) in [5.74, 6) is 0.373. The number of likely N-dealkylation sites (tertiary alicyclic amines) is 1. The van der Waals surface area contributed by atoms with Gasteiger partial charge in [-0.3, -0.25) is 9.59 Å². The van der Waals surface area contributed by atoms with Crippen molar-refractivity contribution >= 4 is 29.3 Å². The molecule has 1 aromatic rings. The van der Waals surface area contributed by atoms with Crippen LogP contribution in [0.2, 0.25) is 0 Å². The van der Waals surface area contributed by atoms with Gasteiger partial charge in [0.25, 0.3) is 5.91 Å². The molecule has 7 heteroatoms. The molecule has 2 amide bonds. The van der Waals surface area contributed by atoms with Crippen molar-refractivity contribution in [1.29, 1.82) is 0 Å². The van der Waals surface area contributed by atoms with E-state index in [2.05, 4.69) is 5.32 Å². The van der Waals surface area contributed by atoms with E-state index in [-0.39, 0.29) is 24.1 Å². The summed E-state index contributed by atoms with van der Waals surface area (Å²) in [5.41, 5.74) is 1.32. The van der Waals surface area contributed by atoms with Crippen LogP contribution in [0.4, 0.5) is 5.69 Å². The summed E-state index contributed by atoms with van der Waals surface area (Å²) < 4.78 is 11.3. The summed E-state index contributed by atoms with van der Waals surface area (Å²) in [7, 11) is 0. The number of ether oxygens (including phenoxy) is 2. The number of carbonyl (C=O) groups excluding carboxylic acids is 2. The molecule has 2 fully saturated rings. The summed E-state index contributed by atoms with van der Waals surface area (Å²) in [6, 6.07) is 5.50. The molecule has 2 saturated heterocycles. The van der Waals surface area contributed by atoms with Crippen molar-refractivity contribution in [3.63, 3.8) is 0 Å². The predicted octanol–water partition coefficient (Wildman–Crippen LogP) is 2.10. The fraction of sp³-hybridized carbons (Fsp3) is 0.529. The van der Waals surface area contributed by atoms with Crippen molar-refractivity contribution < 1.29 is 19.1 Å². The van der Waals surface area contributed by atoms with Crippen molar-refractivity contribution in [2.45, 2.75) is 36.5 Å². The first-order valence-corrected chi connectivity index (χ1v) is 9.32. The Morgan fingerprint density at radius 2 is 2.08 bits per heavy atom. The van der Waals surface area contributed by atoms with Gasteiger partial charge in [0.15, 0.2) is 6.29 Å². The Labute approximate surface area is 144 Å². The fourth-order valence-corrected chi connectivity index (χ4v) is 4.26. The molecule has 3 aliphatic heterocycles. The van der Waals surface area contributed by atoms with E-state index in [0.29, 0.717) is 31.1 Å². The molecule has 3 heterocycles. The summed E-state index contributed by atoms with van der Waals surface area (Å²) >= 11 is 1.50. The highest BCUT2D eigenvalue weighted by atomic mass is 32.2. The maximum absolute atomic E-state index is 13.0. The molecule has 0 aromatic heterocycles. The van der Waals surface area contributed by atoms with E-state index < -0.39 is 0 Å². The number of anilines is 1. The lowest BCUT2D eigenvalue weighted by atomic mass is 10.00. The lowest BCUT2D eigenvalue weighted by Crippen LogP contribution is -2.50. The largest absolute Gasteiger partial charge is 0.348 e. The first-order valence-electron chi connectivity index (χ1n) is 8.33. The molecule has 1 unspecified atom stereocenters. The molecule has 0 spiro atoms. The average molecular weight is 348 g/mol. The van der Waals surface area contributed by atoms with Crippen LogP contribution < -0.4 is 5.32 Å². The Hall–Kier alpha value is -1.57. The van der Waals surface area contributed by atoms with Crippen molar-refractivity contribution in [2.24, 2.45) is 0 Å². The van der Waals surface area contributed by atoms with Crippen LogP contribution in [0, 0.1) is 0 Å². The van der Waals surface area contributed by atoms with Crippen molar-refractivity contribution in [3.8, 4) is 0 Å². The zero-order chi connectivity index (χ0) is 16.5. The van der Waals surface area contributed by atoms with Gasteiger partial charge in [-0.05, 0) is 37.5 Å². The minimum Gasteiger partial charge on any atom is -0.348 e. The lowest BCUT2D eigenvalue weighted by Gasteiger charge is -2.38. The van der Waals surface area contributed by atoms with Gasteiger partial charge >= 0.3 is 0 Å². The molecule has 0 aliphatic carbocycles. The third kappa shape index (κ3) is 3.03. The molecular weight excluding hydrogens is 328 g/mol. The topological polar surface area (TPSA) is 67.9 Å². The minimum absolute atomic E-state index is 0.0218. The molecule has 1 atom stereocenters. The van der Waals surface area contributed by atoms with Crippen molar-refractivity contribution in [3.05, 3.63) is 23.8 Å². The number of nitrogens with one attached hydrogen (secondary N) is 1. The Bertz CT molecular complexity index is 660. The van der Waals surface area contributed by atoms with Crippen LogP contribution in [0.1, 0.15) is 29.6 Å². The van der Waals surface area contributed by atoms with E-state index >= 15 is 0 Å². The Morgan fingerprint density at radius 3 is 2.92 bits per heavy atom. The van der Waals surface area contributed by atoms with Gasteiger partial charge in [0.1, 0.15) is 0 Å². The summed E-state index contributed by atoms with van der Waals surface area (Å²) in [4.78, 5) is 27.5. The number of thioether (sulfide) groups is 1. The molecule has 1 aromatic carbocycles. The smallest absolute Gasteiger partial charge is 0.254 e. The molecule has 0 radical (unpaired) electrons. The number of hydrogen-bond acceptors (Lipinski definition) is 5. The fourth-order valence-electron chi connectivity index (χ4n) is 3.47. The molecule has 24 heavy (non-hydrogen) atoms. The highest BCUT2D eigenvalue weighted by molar-refractivity contribution is 8.00. The monoisotopic (exact) mass is 348 g/mol. The third-order valence-electron chi connectivity index (χ3n) is 4.63. The Balaban J connectivity index is 1.57. The van der Waals surface area contributed by atoms with Crippen LogP contribution in [-0.2, 0) is 14.3 Å². The molecule has 0 saturated carbocycles. The Morgan fingerprint density at radius 1 is 1.25 bits per heavy atom. The first-order chi connectivity index (χ1) is 11.7. The average Bonchev–Trinajstić information content (AvgIpc) is 3.15. The van der Waals surface area contributed by atoms with E-state index in [9.17, 15) is 9.59 Å². The zero-order valence-electron chi connectivity index (χ0n) is 13.3. The lowest BCUT2D eigenvalue weighted by molar-refractivity contribution is -0.113. The van der Waals surface area contributed by atoms with Gasteiger partial charge in [-0.1, -0.05) is 0 Å². The molecule has 0 bridgehead atoms. The number of benzene rings is 1. The maximum atomic E-state index is 13.0. The first kappa shape index (κ1) is 15.9. The SMILES string of the molecule is O=C1CSc2ccc(C(=O)N3CCCCC3C3OCCO3)cc2N1. The van der Waals surface area contributed by atoms with Crippen LogP contribution in [0.25, 0.3) is 0 Å². The molecule has 4 rings (SSSR count). The minimum atomic E-state index is -0.317. The second-order valence-corrected chi connectivity index (χ2v) is 7.24. The van der Waals surface area contributed by atoms with Crippen molar-refractivity contribution in [2.75, 3.05) is 30.8 Å². The maximum Gasteiger partial charge on any atom is 0.254 e. The normalized spacial score (nSPS) is 24.6. The second-order valence-electron chi connectivity index (χ2n) is 6.22. The van der Waals surface area contributed by atoms with Gasteiger partial charge in [-0.25, -0.2) is 0 Å². The van der Waals surface area contributed by atoms with Gasteiger partial charge in [0, 0.05) is 17.0 Å². The number of piperidine rings is 1. The van der Waals surface area contributed by atoms with E-state index in [1.54, 1.807) is 6.07 Å². The van der Waals surface area contributed by atoms with Gasteiger partial charge in [0.2, 0.25) is 5.91 Å². The summed E-state index contributed by atoms with van der Waals surface area (Å²) in [6.07, 6.45) is 2.65. The molecule has 128 valence electrons. The van der Waals surface area contributed by atoms with Crippen LogP contribution >= 0.6 is 11.8 Å². The quantitative estimate of drug-likeness (QED) is 0.886. The number of amides is 2. The van der Waals surface area contributed by atoms with Crippen LogP contribution in [0.15, 0.2) is 23.1 Å². The third-order valence-corrected chi connectivity index (χ3v) is 5.70. The zero-order valence-corrected chi connectivity index (χ0v) is 14.1. The van der Waals surface area contributed by atoms with Gasteiger partial charge < -0.3 is 19.7 Å². The van der Waals surface area contributed by atoms with Crippen LogP contribution in [-0.4, -0.2) is 54.6 Å². The van der Waals surface area contributed by atoms with Gasteiger partial charge in [-0.15, -0.1) is 11.8 Å². The number of nitrogens with zero attached hydrogens (tertiary/aromatic N) is 1. The molecule has 6 nitrogen and oxygen atoms in total. The summed E-state index contributed by atoms with van der Waals surface area (Å²) in [5, 5.41) is 2.84. The Kier molecular flexibility index (Phi) is 4.47. The number of rotatable bonds is 2. The standard InChI is InChI=1S/C17H20N2O4S/c20-15-10-24-14-5-4-11(9-12(14)18-15)16(21)19-6-2-1-3-13(19)17-22-7-8-23-17/h4-5,9,13,17H,1-3,6-8,10H2,(H,18,20). The number of carbonyl (C=O) groups is 2. The highest BCUT2D eigenvalue weighted by Crippen LogP contribution is 2.33. The molecule has 1 N–H and O–H groups in total.